The van der Waals surface area contributed by atoms with E-state index in [0.29, 0.717) is 19.4 Å². The van der Waals surface area contributed by atoms with Gasteiger partial charge in [-0.1, -0.05) is 12.1 Å². The third-order valence-electron chi connectivity index (χ3n) is 4.51. The number of hydrogen-bond acceptors (Lipinski definition) is 3. The van der Waals surface area contributed by atoms with Gasteiger partial charge in [-0.2, -0.15) is 0 Å². The number of nitrogens with zero attached hydrogens (tertiary/aromatic N) is 1. The fourth-order valence-corrected chi connectivity index (χ4v) is 3.27. The summed E-state index contributed by atoms with van der Waals surface area (Å²) < 4.78 is 13.8. The minimum Gasteiger partial charge on any atom is -0.344 e. The van der Waals surface area contributed by atoms with Crippen LogP contribution in [0.4, 0.5) is 10.1 Å². The van der Waals surface area contributed by atoms with Gasteiger partial charge in [-0.25, -0.2) is 4.39 Å². The average molecular weight is 305 g/mol. The Morgan fingerprint density at radius 2 is 2.05 bits per heavy atom. The number of para-hydroxylation sites is 1. The Morgan fingerprint density at radius 1 is 1.27 bits per heavy atom. The van der Waals surface area contributed by atoms with E-state index >= 15 is 0 Å². The van der Waals surface area contributed by atoms with Gasteiger partial charge >= 0.3 is 0 Å². The van der Waals surface area contributed by atoms with Crippen molar-refractivity contribution >= 4 is 17.5 Å². The Hall–Kier alpha value is -1.95. The molecule has 1 aromatic rings. The molecular formula is C16H20FN3O2. The number of carbonyl (C=O) groups is 2. The minimum atomic E-state index is -0.566. The molecule has 1 aromatic carbocycles. The van der Waals surface area contributed by atoms with Gasteiger partial charge in [0.2, 0.25) is 11.8 Å². The van der Waals surface area contributed by atoms with Gasteiger partial charge in [0.05, 0.1) is 5.69 Å². The smallest absolute Gasteiger partial charge is 0.249 e. The lowest BCUT2D eigenvalue weighted by atomic mass is 10.1. The lowest BCUT2D eigenvalue weighted by Crippen LogP contribution is -2.44. The summed E-state index contributed by atoms with van der Waals surface area (Å²) in [7, 11) is 0. The Balaban J connectivity index is 1.64. The van der Waals surface area contributed by atoms with Gasteiger partial charge in [-0.05, 0) is 37.8 Å². The Kier molecular flexibility index (Phi) is 4.11. The molecule has 5 nitrogen and oxygen atoms in total. The molecule has 3 N–H and O–H groups in total. The maximum absolute atomic E-state index is 13.8. The van der Waals surface area contributed by atoms with Crippen LogP contribution in [0.5, 0.6) is 0 Å². The molecule has 0 radical (unpaired) electrons. The lowest BCUT2D eigenvalue weighted by molar-refractivity contribution is -0.129. The molecule has 6 heteroatoms. The third-order valence-corrected chi connectivity index (χ3v) is 4.51. The second-order valence-corrected chi connectivity index (χ2v) is 6.06. The van der Waals surface area contributed by atoms with Gasteiger partial charge in [-0.15, -0.1) is 0 Å². The van der Waals surface area contributed by atoms with Crippen LogP contribution in [0.25, 0.3) is 0 Å². The topological polar surface area (TPSA) is 75.4 Å². The molecule has 2 fully saturated rings. The molecule has 1 heterocycles. The van der Waals surface area contributed by atoms with E-state index in [9.17, 15) is 14.0 Å². The number of benzene rings is 1. The van der Waals surface area contributed by atoms with Crippen molar-refractivity contribution in [1.29, 1.82) is 0 Å². The van der Waals surface area contributed by atoms with Crippen LogP contribution in [0.1, 0.15) is 25.7 Å². The highest BCUT2D eigenvalue weighted by Gasteiger charge is 2.37. The van der Waals surface area contributed by atoms with Crippen molar-refractivity contribution < 1.29 is 14.0 Å². The number of nitrogens with one attached hydrogen (secondary N) is 1. The molecule has 0 spiro atoms. The van der Waals surface area contributed by atoms with E-state index in [1.807, 2.05) is 0 Å². The van der Waals surface area contributed by atoms with Crippen molar-refractivity contribution in [3.05, 3.63) is 30.1 Å². The molecule has 1 saturated heterocycles. The van der Waals surface area contributed by atoms with Crippen LogP contribution < -0.4 is 16.0 Å². The van der Waals surface area contributed by atoms with Crippen molar-refractivity contribution in [3.8, 4) is 0 Å². The summed E-state index contributed by atoms with van der Waals surface area (Å²) in [5, 5.41) is 2.80. The van der Waals surface area contributed by atoms with E-state index in [-0.39, 0.29) is 29.5 Å². The lowest BCUT2D eigenvalue weighted by Gasteiger charge is -2.18. The normalized spacial score (nSPS) is 28.2. The summed E-state index contributed by atoms with van der Waals surface area (Å²) in [4.78, 5) is 26.0. The van der Waals surface area contributed by atoms with E-state index in [0.717, 1.165) is 12.8 Å². The summed E-state index contributed by atoms with van der Waals surface area (Å²) in [6, 6.07) is 5.69. The standard InChI is InChI=1S/C16H20FN3O2/c17-12-3-1-2-4-14(12)20-8-7-13(16(20)22)19-15(21)10-5-6-11(18)9-10/h1-4,10-11,13H,5-9,18H2,(H,19,21). The molecule has 3 unspecified atom stereocenters. The van der Waals surface area contributed by atoms with Gasteiger partial charge in [0.1, 0.15) is 11.9 Å². The quantitative estimate of drug-likeness (QED) is 0.880. The summed E-state index contributed by atoms with van der Waals surface area (Å²) in [6.45, 7) is 0.412. The number of rotatable bonds is 3. The van der Waals surface area contributed by atoms with Gasteiger partial charge in [-0.3, -0.25) is 9.59 Å². The minimum absolute atomic E-state index is 0.0740. The summed E-state index contributed by atoms with van der Waals surface area (Å²) in [6.07, 6.45) is 2.78. The number of hydrogen-bond donors (Lipinski definition) is 2. The zero-order valence-electron chi connectivity index (χ0n) is 12.3. The van der Waals surface area contributed by atoms with Gasteiger partial charge in [0.15, 0.2) is 0 Å². The molecule has 1 aliphatic carbocycles. The third kappa shape index (κ3) is 2.83. The van der Waals surface area contributed by atoms with Crippen molar-refractivity contribution in [3.63, 3.8) is 0 Å². The molecule has 2 aliphatic rings. The van der Waals surface area contributed by atoms with E-state index in [2.05, 4.69) is 5.32 Å². The van der Waals surface area contributed by atoms with Crippen LogP contribution in [0.2, 0.25) is 0 Å². The first-order valence-electron chi connectivity index (χ1n) is 7.68. The molecule has 118 valence electrons. The highest BCUT2D eigenvalue weighted by Crippen LogP contribution is 2.27. The molecule has 1 saturated carbocycles. The maximum atomic E-state index is 13.8. The number of nitrogens with two attached hydrogens (primary N) is 1. The number of carbonyl (C=O) groups excluding carboxylic acids is 2. The summed E-state index contributed by atoms with van der Waals surface area (Å²) in [5.41, 5.74) is 6.09. The van der Waals surface area contributed by atoms with Crippen molar-refractivity contribution in [2.45, 2.75) is 37.8 Å². The fraction of sp³-hybridized carbons (Fsp3) is 0.500. The molecule has 3 atom stereocenters. The highest BCUT2D eigenvalue weighted by molar-refractivity contribution is 6.01. The summed E-state index contributed by atoms with van der Waals surface area (Å²) in [5.74, 6) is -0.891. The second kappa shape index (κ2) is 6.04. The van der Waals surface area contributed by atoms with Crippen molar-refractivity contribution in [2.24, 2.45) is 11.7 Å². The largest absolute Gasteiger partial charge is 0.344 e. The van der Waals surface area contributed by atoms with E-state index in [1.54, 1.807) is 18.2 Å². The van der Waals surface area contributed by atoms with Gasteiger partial charge in [0.25, 0.3) is 0 Å². The average Bonchev–Trinajstić information content (AvgIpc) is 3.07. The molecule has 0 aromatic heterocycles. The SMILES string of the molecule is NC1CCC(C(=O)NC2CCN(c3ccccc3F)C2=O)C1. The molecule has 2 amide bonds. The van der Waals surface area contributed by atoms with Crippen molar-refractivity contribution in [2.75, 3.05) is 11.4 Å². The second-order valence-electron chi connectivity index (χ2n) is 6.06. The summed E-state index contributed by atoms with van der Waals surface area (Å²) >= 11 is 0. The Bertz CT molecular complexity index is 593. The number of halogens is 1. The fourth-order valence-electron chi connectivity index (χ4n) is 3.27. The molecule has 22 heavy (non-hydrogen) atoms. The van der Waals surface area contributed by atoms with E-state index < -0.39 is 11.9 Å². The highest BCUT2D eigenvalue weighted by atomic mass is 19.1. The number of amides is 2. The van der Waals surface area contributed by atoms with Gasteiger partial charge < -0.3 is 16.0 Å². The zero-order chi connectivity index (χ0) is 15.7. The number of anilines is 1. The van der Waals surface area contributed by atoms with Crippen LogP contribution in [0.3, 0.4) is 0 Å². The molecular weight excluding hydrogens is 285 g/mol. The van der Waals surface area contributed by atoms with Crippen LogP contribution in [-0.4, -0.2) is 30.4 Å². The van der Waals surface area contributed by atoms with Gasteiger partial charge in [0, 0.05) is 18.5 Å². The molecule has 1 aliphatic heterocycles. The van der Waals surface area contributed by atoms with Crippen LogP contribution in [-0.2, 0) is 9.59 Å². The van der Waals surface area contributed by atoms with Crippen LogP contribution >= 0.6 is 0 Å². The first-order valence-corrected chi connectivity index (χ1v) is 7.68. The van der Waals surface area contributed by atoms with E-state index in [1.165, 1.54) is 11.0 Å². The molecule has 3 rings (SSSR count). The van der Waals surface area contributed by atoms with Crippen molar-refractivity contribution in [1.82, 2.24) is 5.32 Å². The zero-order valence-corrected chi connectivity index (χ0v) is 12.3. The first-order chi connectivity index (χ1) is 10.6. The molecule has 0 bridgehead atoms. The Morgan fingerprint density at radius 3 is 2.73 bits per heavy atom. The van der Waals surface area contributed by atoms with Crippen LogP contribution in [0.15, 0.2) is 24.3 Å². The predicted octanol–water partition coefficient (Wildman–Crippen LogP) is 1.17. The van der Waals surface area contributed by atoms with E-state index in [4.69, 9.17) is 5.73 Å². The maximum Gasteiger partial charge on any atom is 0.249 e. The monoisotopic (exact) mass is 305 g/mol. The van der Waals surface area contributed by atoms with Crippen LogP contribution in [0, 0.1) is 11.7 Å². The first kappa shape index (κ1) is 15.0. The predicted molar refractivity (Wildman–Crippen MR) is 80.6 cm³/mol. The Labute approximate surface area is 128 Å².